The van der Waals surface area contributed by atoms with Crippen LogP contribution in [-0.2, 0) is 24.3 Å². The first-order valence-electron chi connectivity index (χ1n) is 30.1. The maximum atomic E-state index is 15.6. The second kappa shape index (κ2) is 27.6. The molecule has 5 aliphatic heterocycles. The van der Waals surface area contributed by atoms with E-state index in [1.165, 1.54) is 27.7 Å². The molecule has 0 saturated carbocycles. The maximum Gasteiger partial charge on any atom is 0.264 e. The Kier molecular flexibility index (Phi) is 19.6. The number of piperidine rings is 2. The Morgan fingerprint density at radius 3 is 2.29 bits per heavy atom. The Morgan fingerprint density at radius 2 is 1.54 bits per heavy atom. The minimum absolute atomic E-state index is 0.0229. The van der Waals surface area contributed by atoms with Gasteiger partial charge in [-0.3, -0.25) is 24.6 Å². The number of thioether (sulfide) groups is 1. The van der Waals surface area contributed by atoms with Crippen molar-refractivity contribution >= 4 is 79.4 Å². The third kappa shape index (κ3) is 15.5. The van der Waals surface area contributed by atoms with Crippen LogP contribution in [0, 0.1) is 17.2 Å². The van der Waals surface area contributed by atoms with Gasteiger partial charge in [0.05, 0.1) is 17.2 Å². The zero-order valence-electron chi connectivity index (χ0n) is 47.9. The summed E-state index contributed by atoms with van der Waals surface area (Å²) in [6.45, 7) is 13.5. The van der Waals surface area contributed by atoms with E-state index in [1.807, 2.05) is 48.5 Å². The number of allylic oxidation sites excluding steroid dienone is 1. The average Bonchev–Trinajstić information content (AvgIpc) is 2.70. The highest BCUT2D eigenvalue weighted by molar-refractivity contribution is 7.99. The van der Waals surface area contributed by atoms with Crippen LogP contribution in [0.1, 0.15) is 80.1 Å². The molecule has 0 radical (unpaired) electrons. The number of amides is 3. The summed E-state index contributed by atoms with van der Waals surface area (Å²) in [6.07, 6.45) is 9.21. The molecule has 5 aromatic carbocycles. The van der Waals surface area contributed by atoms with E-state index in [1.54, 1.807) is 54.2 Å². The van der Waals surface area contributed by atoms with E-state index in [2.05, 4.69) is 69.4 Å². The van der Waals surface area contributed by atoms with Crippen molar-refractivity contribution in [2.24, 2.45) is 11.3 Å². The summed E-state index contributed by atoms with van der Waals surface area (Å²) in [7, 11) is -4.14. The lowest BCUT2D eigenvalue weighted by Crippen LogP contribution is -2.48. The van der Waals surface area contributed by atoms with E-state index in [0.717, 1.165) is 172 Å². The smallest absolute Gasteiger partial charge is 0.264 e. The number of ether oxygens (including phenoxy) is 1. The lowest BCUT2D eigenvalue weighted by Gasteiger charge is -2.47. The second-order valence-corrected chi connectivity index (χ2v) is 27.0. The minimum atomic E-state index is -4.14. The van der Waals surface area contributed by atoms with Gasteiger partial charge in [0.1, 0.15) is 11.9 Å². The number of sulfonamides is 1. The summed E-state index contributed by atoms with van der Waals surface area (Å²) < 4.78 is 50.7. The van der Waals surface area contributed by atoms with Gasteiger partial charge in [-0.15, -0.1) is 11.8 Å². The van der Waals surface area contributed by atoms with Gasteiger partial charge in [-0.25, -0.2) is 17.5 Å². The highest BCUT2D eigenvalue weighted by Crippen LogP contribution is 2.49. The lowest BCUT2D eigenvalue weighted by molar-refractivity contribution is -0.133. The van der Waals surface area contributed by atoms with Gasteiger partial charge in [-0.1, -0.05) is 47.5 Å². The lowest BCUT2D eigenvalue weighted by atomic mass is 9.65. The van der Waals surface area contributed by atoms with Crippen LogP contribution in [0.5, 0.6) is 0 Å². The quantitative estimate of drug-likeness (QED) is 0.0431. The van der Waals surface area contributed by atoms with Crippen LogP contribution in [0.4, 0.5) is 27.1 Å². The van der Waals surface area contributed by atoms with Gasteiger partial charge in [0.2, 0.25) is 11.8 Å². The Balaban J connectivity index is 0.650. The van der Waals surface area contributed by atoms with E-state index in [4.69, 9.17) is 16.3 Å². The third-order valence-corrected chi connectivity index (χ3v) is 20.8. The number of rotatable bonds is 20. The predicted molar refractivity (Wildman–Crippen MR) is 334 cm³/mol. The normalized spacial score (nSPS) is 21.5. The number of anilines is 4. The highest BCUT2D eigenvalue weighted by atomic mass is 35.5. The van der Waals surface area contributed by atoms with Gasteiger partial charge in [-0.05, 0) is 184 Å². The van der Waals surface area contributed by atoms with Crippen molar-refractivity contribution in [2.45, 2.75) is 86.1 Å². The zero-order valence-corrected chi connectivity index (χ0v) is 50.3. The van der Waals surface area contributed by atoms with Gasteiger partial charge >= 0.3 is 0 Å². The van der Waals surface area contributed by atoms with E-state index < -0.39 is 22.0 Å². The molecule has 11 rings (SSSR count). The molecule has 0 aromatic heterocycles. The van der Waals surface area contributed by atoms with E-state index in [9.17, 15) is 22.8 Å². The molecule has 0 bridgehead atoms. The van der Waals surface area contributed by atoms with Crippen LogP contribution in [0.25, 0.3) is 5.57 Å². The number of piperazine rings is 1. The van der Waals surface area contributed by atoms with Crippen molar-refractivity contribution in [1.29, 1.82) is 0 Å². The fourth-order valence-electron chi connectivity index (χ4n) is 13.2. The Labute approximate surface area is 504 Å². The Morgan fingerprint density at radius 1 is 0.774 bits per heavy atom. The van der Waals surface area contributed by atoms with Crippen LogP contribution < -0.4 is 30.5 Å². The molecule has 446 valence electrons. The number of nitrogens with zero attached hydrogens (tertiary/aromatic N) is 5. The maximum absolute atomic E-state index is 15.6. The number of imide groups is 1. The second-order valence-electron chi connectivity index (χ2n) is 23.8. The molecule has 1 unspecified atom stereocenters. The van der Waals surface area contributed by atoms with Crippen molar-refractivity contribution in [3.8, 4) is 0 Å². The van der Waals surface area contributed by atoms with E-state index in [0.29, 0.717) is 23.7 Å². The molecule has 5 fully saturated rings. The van der Waals surface area contributed by atoms with Crippen LogP contribution in [0.15, 0.2) is 137 Å². The summed E-state index contributed by atoms with van der Waals surface area (Å²) >= 11 is 8.20. The first-order valence-corrected chi connectivity index (χ1v) is 33.0. The first-order chi connectivity index (χ1) is 40.8. The third-order valence-electron chi connectivity index (χ3n) is 18.0. The predicted octanol–water partition coefficient (Wildman–Crippen LogP) is 9.87. The van der Waals surface area contributed by atoms with Crippen LogP contribution in [0.3, 0.4) is 0 Å². The van der Waals surface area contributed by atoms with Crippen molar-refractivity contribution < 1.29 is 31.9 Å². The van der Waals surface area contributed by atoms with Crippen LogP contribution >= 0.6 is 23.4 Å². The number of likely N-dealkylation sites (tertiary alicyclic amines) is 1. The molecule has 1 aliphatic carbocycles. The molecule has 5 saturated heterocycles. The topological polar surface area (TPSA) is 159 Å². The molecular weight excluding hydrogens is 1120 g/mol. The Hall–Kier alpha value is -5.99. The Bertz CT molecular complexity index is 3210. The molecule has 3 atom stereocenters. The highest BCUT2D eigenvalue weighted by Gasteiger charge is 2.40. The van der Waals surface area contributed by atoms with Crippen LogP contribution in [0.2, 0.25) is 5.02 Å². The summed E-state index contributed by atoms with van der Waals surface area (Å²) in [5.41, 5.74) is 7.71. The number of carbonyl (C=O) groups is 3. The summed E-state index contributed by atoms with van der Waals surface area (Å²) in [4.78, 5) is 50.7. The average molecular weight is 1200 g/mol. The first kappa shape index (κ1) is 59.7. The molecule has 19 heteroatoms. The minimum Gasteiger partial charge on any atom is -0.381 e. The van der Waals surface area contributed by atoms with Gasteiger partial charge < -0.3 is 35.0 Å². The summed E-state index contributed by atoms with van der Waals surface area (Å²) in [5, 5.41) is 9.84. The number of carbonyl (C=O) groups excluding carboxylic acids is 3. The molecule has 5 heterocycles. The fraction of sp³-hybridized carbons (Fsp3) is 0.462. The number of hydrogen-bond acceptors (Lipinski definition) is 14. The molecule has 4 N–H and O–H groups in total. The van der Waals surface area contributed by atoms with Crippen LogP contribution in [-0.4, -0.2) is 157 Å². The molecule has 15 nitrogen and oxygen atoms in total. The fourth-order valence-corrected chi connectivity index (χ4v) is 15.3. The number of halogens is 2. The van der Waals surface area contributed by atoms with Gasteiger partial charge in [0, 0.05) is 129 Å². The zero-order chi connectivity index (χ0) is 58.0. The van der Waals surface area contributed by atoms with E-state index >= 15 is 4.39 Å². The molecule has 84 heavy (non-hydrogen) atoms. The van der Waals surface area contributed by atoms with Gasteiger partial charge in [0.25, 0.3) is 15.9 Å². The molecular formula is C65H79ClFN9O6S2. The van der Waals surface area contributed by atoms with Gasteiger partial charge in [-0.2, -0.15) is 0 Å². The van der Waals surface area contributed by atoms with Crippen molar-refractivity contribution in [1.82, 2.24) is 24.7 Å². The van der Waals surface area contributed by atoms with E-state index in [-0.39, 0.29) is 46.0 Å². The van der Waals surface area contributed by atoms with Crippen molar-refractivity contribution in [3.05, 3.63) is 149 Å². The molecule has 5 aromatic rings. The summed E-state index contributed by atoms with van der Waals surface area (Å²) in [5.74, 6) is -0.336. The number of hydrogen-bond donors (Lipinski definition) is 4. The molecule has 3 amide bonds. The molecule has 6 aliphatic rings. The van der Waals surface area contributed by atoms with Crippen molar-refractivity contribution in [2.75, 3.05) is 124 Å². The van der Waals surface area contributed by atoms with Crippen molar-refractivity contribution in [3.63, 3.8) is 0 Å². The summed E-state index contributed by atoms with van der Waals surface area (Å²) in [6, 6.07) is 37.3. The number of benzene rings is 5. The standard InChI is InChI=1S/C65H79ClFN9O6S2/c66-51-11-7-48(8-12-51)58-23-26-65(27-32-73(33-28-65)43-47-24-31-76(44-47)61-21-15-53(41-59(61)67)69-60-20-22-62(77)70-64(60)79)42-50(58)45-74-34-36-75(37-35-74)55-16-9-49(10-17-55)63(78)71-84(80,81)57-18-13-52(14-19-57)68-54(46-83-56-5-2-1-3-6-56)25-30-72-29-4-39-82-40-38-72/h1-3,5-19,21,41,47,54,60,68-69H,4,20,22-40,42-46H2,(H,71,78)(H,70,77,79)/t47-,54+,60?/m0/s1. The molecule has 1 spiro atoms. The largest absolute Gasteiger partial charge is 0.381 e. The number of nitrogens with one attached hydrogen (secondary N) is 4. The van der Waals surface area contributed by atoms with Gasteiger partial charge in [0.15, 0.2) is 0 Å². The SMILES string of the molecule is O=C1CCC(Nc2ccc(N3CC[C@@H](CN4CCC5(CCC(c6ccc(Cl)cc6)=C(CN6CCN(c7ccc(C(=O)NS(=O)(=O)c8ccc(N[C@H](CCN9CCCOCC9)CSc9ccccc9)cc8)cc7)CC6)C5)CC4)C3)c(F)c2)C(=O)N1. The monoisotopic (exact) mass is 1200 g/mol.